The van der Waals surface area contributed by atoms with Gasteiger partial charge in [0.05, 0.1) is 18.9 Å². The van der Waals surface area contributed by atoms with Gasteiger partial charge in [0, 0.05) is 11.8 Å². The summed E-state index contributed by atoms with van der Waals surface area (Å²) in [5, 5.41) is 3.27. The topological polar surface area (TPSA) is 60.5 Å². The Balaban J connectivity index is 1.84. The summed E-state index contributed by atoms with van der Waals surface area (Å²) in [6.07, 6.45) is 6.23. The van der Waals surface area contributed by atoms with Crippen molar-refractivity contribution in [3.8, 4) is 5.75 Å². The summed E-state index contributed by atoms with van der Waals surface area (Å²) >= 11 is 0. The maximum Gasteiger partial charge on any atom is 0.190 e. The van der Waals surface area contributed by atoms with E-state index < -0.39 is 0 Å². The molecule has 1 aromatic heterocycles. The van der Waals surface area contributed by atoms with Crippen molar-refractivity contribution in [1.82, 2.24) is 10.3 Å². The highest BCUT2D eigenvalue weighted by Gasteiger charge is 2.16. The number of nitrogens with zero attached hydrogens (tertiary/aromatic N) is 1. The second-order valence-electron chi connectivity index (χ2n) is 4.94. The van der Waals surface area contributed by atoms with Crippen LogP contribution in [0.15, 0.2) is 18.5 Å². The van der Waals surface area contributed by atoms with Gasteiger partial charge in [-0.25, -0.2) is 0 Å². The van der Waals surface area contributed by atoms with Gasteiger partial charge >= 0.3 is 0 Å². The molecule has 1 aromatic rings. The molecule has 0 amide bonds. The normalized spacial score (nSPS) is 16.1. The van der Waals surface area contributed by atoms with E-state index in [0.29, 0.717) is 17.9 Å². The molecule has 0 aliphatic carbocycles. The largest absolute Gasteiger partial charge is 0.492 e. The second-order valence-corrected chi connectivity index (χ2v) is 4.94. The first-order valence-electron chi connectivity index (χ1n) is 7.23. The Bertz CT molecular complexity index is 431. The van der Waals surface area contributed by atoms with Gasteiger partial charge < -0.3 is 14.8 Å². The van der Waals surface area contributed by atoms with Crippen LogP contribution in [0.4, 0.5) is 0 Å². The monoisotopic (exact) mass is 278 g/mol. The summed E-state index contributed by atoms with van der Waals surface area (Å²) in [6, 6.07) is 1.73. The van der Waals surface area contributed by atoms with Gasteiger partial charge in [-0.05, 0) is 38.4 Å². The Morgan fingerprint density at radius 1 is 1.40 bits per heavy atom. The van der Waals surface area contributed by atoms with Crippen LogP contribution in [0.2, 0.25) is 0 Å². The molecule has 1 saturated heterocycles. The van der Waals surface area contributed by atoms with E-state index in [9.17, 15) is 4.79 Å². The van der Waals surface area contributed by atoms with Crippen LogP contribution in [0.5, 0.6) is 5.75 Å². The van der Waals surface area contributed by atoms with Crippen molar-refractivity contribution in [2.75, 3.05) is 26.3 Å². The minimum atomic E-state index is -0.0435. The number of pyridine rings is 1. The van der Waals surface area contributed by atoms with Gasteiger partial charge in [0.2, 0.25) is 0 Å². The van der Waals surface area contributed by atoms with E-state index in [-0.39, 0.29) is 18.5 Å². The number of carbonyl (C=O) groups is 1. The molecule has 0 bridgehead atoms. The Morgan fingerprint density at radius 2 is 2.20 bits per heavy atom. The fourth-order valence-corrected chi connectivity index (χ4v) is 2.11. The predicted octanol–water partition coefficient (Wildman–Crippen LogP) is 1.82. The van der Waals surface area contributed by atoms with Gasteiger partial charge in [0.15, 0.2) is 5.78 Å². The van der Waals surface area contributed by atoms with Crippen molar-refractivity contribution in [2.24, 2.45) is 0 Å². The van der Waals surface area contributed by atoms with Gasteiger partial charge in [-0.15, -0.1) is 0 Å². The van der Waals surface area contributed by atoms with Crippen LogP contribution in [-0.4, -0.2) is 43.2 Å². The number of hydrogen-bond acceptors (Lipinski definition) is 5. The van der Waals surface area contributed by atoms with Crippen molar-refractivity contribution in [2.45, 2.75) is 32.3 Å². The minimum absolute atomic E-state index is 0.0435. The predicted molar refractivity (Wildman–Crippen MR) is 76.2 cm³/mol. The molecule has 1 N–H and O–H groups in total. The lowest BCUT2D eigenvalue weighted by Crippen LogP contribution is -2.33. The van der Waals surface area contributed by atoms with Gasteiger partial charge in [-0.1, -0.05) is 6.92 Å². The second kappa shape index (κ2) is 7.97. The van der Waals surface area contributed by atoms with Gasteiger partial charge in [-0.2, -0.15) is 0 Å². The van der Waals surface area contributed by atoms with E-state index >= 15 is 0 Å². The quantitative estimate of drug-likeness (QED) is 0.771. The number of Topliss-reactive ketones (excluding diaryl/α,β-unsaturated/α-hetero) is 1. The number of hydrogen-bond donors (Lipinski definition) is 1. The first-order chi connectivity index (χ1) is 9.79. The summed E-state index contributed by atoms with van der Waals surface area (Å²) in [4.78, 5) is 16.1. The van der Waals surface area contributed by atoms with Crippen molar-refractivity contribution >= 4 is 5.78 Å². The summed E-state index contributed by atoms with van der Waals surface area (Å²) in [6.45, 7) is 4.70. The van der Waals surface area contributed by atoms with Crippen molar-refractivity contribution < 1.29 is 14.3 Å². The molecule has 2 heterocycles. The average molecular weight is 278 g/mol. The highest BCUT2D eigenvalue weighted by atomic mass is 16.5. The zero-order valence-electron chi connectivity index (χ0n) is 11.9. The third-order valence-corrected chi connectivity index (χ3v) is 3.24. The van der Waals surface area contributed by atoms with Crippen LogP contribution in [0.3, 0.4) is 0 Å². The van der Waals surface area contributed by atoms with Gasteiger partial charge in [0.1, 0.15) is 12.4 Å². The number of piperidine rings is 1. The van der Waals surface area contributed by atoms with Crippen molar-refractivity contribution in [3.05, 3.63) is 24.0 Å². The van der Waals surface area contributed by atoms with Crippen LogP contribution < -0.4 is 10.1 Å². The van der Waals surface area contributed by atoms with Crippen molar-refractivity contribution in [1.29, 1.82) is 0 Å². The number of rotatable bonds is 7. The summed E-state index contributed by atoms with van der Waals surface area (Å²) in [5.74, 6) is 0.595. The molecule has 2 rings (SSSR count). The standard InChI is InChI=1S/C15H22N2O3/c1-2-7-19-14-8-12(9-17-10-14)15(18)11-20-13-3-5-16-6-4-13/h8-10,13,16H,2-7,11H2,1H3. The third-order valence-electron chi connectivity index (χ3n) is 3.24. The third kappa shape index (κ3) is 4.58. The van der Waals surface area contributed by atoms with E-state index in [0.717, 1.165) is 32.4 Å². The smallest absolute Gasteiger partial charge is 0.190 e. The van der Waals surface area contributed by atoms with E-state index in [1.54, 1.807) is 18.5 Å². The van der Waals surface area contributed by atoms with E-state index in [2.05, 4.69) is 10.3 Å². The number of nitrogens with one attached hydrogen (secondary N) is 1. The fraction of sp³-hybridized carbons (Fsp3) is 0.600. The molecule has 1 aliphatic heterocycles. The number of ketones is 1. The molecule has 5 heteroatoms. The number of carbonyl (C=O) groups excluding carboxylic acids is 1. The Kier molecular flexibility index (Phi) is 5.95. The molecule has 5 nitrogen and oxygen atoms in total. The highest BCUT2D eigenvalue weighted by Crippen LogP contribution is 2.13. The number of ether oxygens (including phenoxy) is 2. The van der Waals surface area contributed by atoms with Gasteiger partial charge in [-0.3, -0.25) is 9.78 Å². The van der Waals surface area contributed by atoms with Crippen LogP contribution in [-0.2, 0) is 4.74 Å². The van der Waals surface area contributed by atoms with E-state index in [1.165, 1.54) is 0 Å². The average Bonchev–Trinajstić information content (AvgIpc) is 2.52. The molecular formula is C15H22N2O3. The zero-order valence-corrected chi connectivity index (χ0v) is 11.9. The molecule has 0 radical (unpaired) electrons. The summed E-state index contributed by atoms with van der Waals surface area (Å²) in [5.41, 5.74) is 0.549. The first kappa shape index (κ1) is 14.9. The maximum absolute atomic E-state index is 12.1. The van der Waals surface area contributed by atoms with E-state index in [4.69, 9.17) is 9.47 Å². The number of aromatic nitrogens is 1. The molecule has 110 valence electrons. The minimum Gasteiger partial charge on any atom is -0.492 e. The first-order valence-corrected chi connectivity index (χ1v) is 7.23. The molecule has 0 spiro atoms. The molecular weight excluding hydrogens is 256 g/mol. The van der Waals surface area contributed by atoms with Crippen LogP contribution in [0, 0.1) is 0 Å². The van der Waals surface area contributed by atoms with E-state index in [1.807, 2.05) is 6.92 Å². The van der Waals surface area contributed by atoms with Crippen LogP contribution in [0.25, 0.3) is 0 Å². The molecule has 20 heavy (non-hydrogen) atoms. The molecule has 0 unspecified atom stereocenters. The SMILES string of the molecule is CCCOc1cncc(C(=O)COC2CCNCC2)c1. The molecule has 0 saturated carbocycles. The van der Waals surface area contributed by atoms with Gasteiger partial charge in [0.25, 0.3) is 0 Å². The summed E-state index contributed by atoms with van der Waals surface area (Å²) in [7, 11) is 0. The Labute approximate surface area is 119 Å². The Morgan fingerprint density at radius 3 is 2.95 bits per heavy atom. The lowest BCUT2D eigenvalue weighted by Gasteiger charge is -2.22. The fourth-order valence-electron chi connectivity index (χ4n) is 2.11. The lowest BCUT2D eigenvalue weighted by atomic mass is 10.1. The lowest BCUT2D eigenvalue weighted by molar-refractivity contribution is 0.0317. The highest BCUT2D eigenvalue weighted by molar-refractivity contribution is 5.97. The summed E-state index contributed by atoms with van der Waals surface area (Å²) < 4.78 is 11.1. The molecule has 0 aromatic carbocycles. The van der Waals surface area contributed by atoms with Crippen LogP contribution in [0.1, 0.15) is 36.5 Å². The maximum atomic E-state index is 12.1. The van der Waals surface area contributed by atoms with Crippen LogP contribution >= 0.6 is 0 Å². The Hall–Kier alpha value is -1.46. The zero-order chi connectivity index (χ0) is 14.2. The molecule has 1 aliphatic rings. The molecule has 0 atom stereocenters. The van der Waals surface area contributed by atoms with Crippen molar-refractivity contribution in [3.63, 3.8) is 0 Å². The molecule has 1 fully saturated rings.